The number of hydrogen-bond acceptors (Lipinski definition) is 4. The predicted molar refractivity (Wildman–Crippen MR) is 65.2 cm³/mol. The number of hydrogen-bond donors (Lipinski definition) is 1. The molecular formula is C10H9BrN4O2. The fourth-order valence-electron chi connectivity index (χ4n) is 1.63. The largest absolute Gasteiger partial charge is 0.433 e. The van der Waals surface area contributed by atoms with Crippen LogP contribution in [0, 0.1) is 0 Å². The van der Waals surface area contributed by atoms with Gasteiger partial charge >= 0.3 is 5.56 Å². The molecule has 3 heterocycles. The molecule has 0 saturated carbocycles. The summed E-state index contributed by atoms with van der Waals surface area (Å²) < 4.78 is 7.28. The predicted octanol–water partition coefficient (Wildman–Crippen LogP) is 2.05. The van der Waals surface area contributed by atoms with E-state index in [1.165, 1.54) is 4.52 Å². The Balaban J connectivity index is 2.44. The standard InChI is InChI=1S/C10H9BrN4O2/c1-4(2)9-13-8-7(17-9)10(16)15-6(12-8)3-5(11)14-15/h3-4,12H,1-2H3. The highest BCUT2D eigenvalue weighted by Crippen LogP contribution is 2.18. The summed E-state index contributed by atoms with van der Waals surface area (Å²) in [5.74, 6) is 0.676. The molecule has 3 rings (SSSR count). The summed E-state index contributed by atoms with van der Waals surface area (Å²) in [5.41, 5.74) is 0.937. The van der Waals surface area contributed by atoms with E-state index >= 15 is 0 Å². The van der Waals surface area contributed by atoms with Crippen molar-refractivity contribution in [2.24, 2.45) is 0 Å². The van der Waals surface area contributed by atoms with Crippen molar-refractivity contribution in [3.8, 4) is 0 Å². The van der Waals surface area contributed by atoms with Crippen LogP contribution in [-0.4, -0.2) is 19.6 Å². The molecule has 6 nitrogen and oxygen atoms in total. The summed E-state index contributed by atoms with van der Waals surface area (Å²) in [5, 5.41) is 4.02. The van der Waals surface area contributed by atoms with Crippen molar-refractivity contribution in [2.45, 2.75) is 19.8 Å². The normalized spacial score (nSPS) is 12.0. The topological polar surface area (TPSA) is 76.2 Å². The minimum atomic E-state index is -0.307. The van der Waals surface area contributed by atoms with Gasteiger partial charge in [0.2, 0.25) is 5.58 Å². The number of oxazole rings is 1. The SMILES string of the molecule is CC(C)c1nc2[nH]c3cc(Br)nn3c(=O)c2o1. The van der Waals surface area contributed by atoms with E-state index in [-0.39, 0.29) is 17.1 Å². The second-order valence-electron chi connectivity index (χ2n) is 4.08. The number of aromatic nitrogens is 4. The van der Waals surface area contributed by atoms with Crippen molar-refractivity contribution in [1.82, 2.24) is 19.6 Å². The Hall–Kier alpha value is -1.63. The Kier molecular flexibility index (Phi) is 2.12. The number of aromatic amines is 1. The van der Waals surface area contributed by atoms with Gasteiger partial charge in [-0.15, -0.1) is 0 Å². The lowest BCUT2D eigenvalue weighted by Gasteiger charge is -1.93. The van der Waals surface area contributed by atoms with Gasteiger partial charge in [0.1, 0.15) is 10.3 Å². The zero-order valence-electron chi connectivity index (χ0n) is 9.19. The van der Waals surface area contributed by atoms with Crippen molar-refractivity contribution < 1.29 is 4.42 Å². The van der Waals surface area contributed by atoms with E-state index in [0.717, 1.165) is 0 Å². The molecule has 0 aliphatic carbocycles. The molecule has 0 amide bonds. The van der Waals surface area contributed by atoms with Crippen LogP contribution in [0.4, 0.5) is 0 Å². The molecule has 3 aromatic rings. The first-order valence-electron chi connectivity index (χ1n) is 5.14. The summed E-state index contributed by atoms with van der Waals surface area (Å²) in [6.45, 7) is 3.91. The highest BCUT2D eigenvalue weighted by Gasteiger charge is 2.15. The van der Waals surface area contributed by atoms with Gasteiger partial charge in [0.05, 0.1) is 0 Å². The van der Waals surface area contributed by atoms with Crippen molar-refractivity contribution in [3.05, 3.63) is 26.9 Å². The number of halogens is 1. The first-order valence-corrected chi connectivity index (χ1v) is 5.93. The Labute approximate surface area is 104 Å². The molecule has 88 valence electrons. The van der Waals surface area contributed by atoms with Gasteiger partial charge in [-0.2, -0.15) is 14.6 Å². The summed E-state index contributed by atoms with van der Waals surface area (Å²) >= 11 is 3.22. The van der Waals surface area contributed by atoms with E-state index in [2.05, 4.69) is 31.0 Å². The molecule has 0 aromatic carbocycles. The first kappa shape index (κ1) is 10.5. The van der Waals surface area contributed by atoms with Gasteiger partial charge in [-0.1, -0.05) is 13.8 Å². The summed E-state index contributed by atoms with van der Waals surface area (Å²) in [4.78, 5) is 19.3. The average Bonchev–Trinajstić information content (AvgIpc) is 2.81. The third-order valence-corrected chi connectivity index (χ3v) is 2.84. The van der Waals surface area contributed by atoms with Crippen molar-refractivity contribution in [1.29, 1.82) is 0 Å². The fraction of sp³-hybridized carbons (Fsp3) is 0.300. The van der Waals surface area contributed by atoms with E-state index < -0.39 is 0 Å². The second kappa shape index (κ2) is 3.43. The van der Waals surface area contributed by atoms with Crippen molar-refractivity contribution in [2.75, 3.05) is 0 Å². The van der Waals surface area contributed by atoms with Crippen LogP contribution in [0.3, 0.4) is 0 Å². The molecule has 0 atom stereocenters. The average molecular weight is 297 g/mol. The molecule has 0 aliphatic heterocycles. The van der Waals surface area contributed by atoms with Crippen LogP contribution in [-0.2, 0) is 0 Å². The van der Waals surface area contributed by atoms with Crippen LogP contribution in [0.1, 0.15) is 25.7 Å². The van der Waals surface area contributed by atoms with E-state index in [1.807, 2.05) is 13.8 Å². The minimum Gasteiger partial charge on any atom is -0.433 e. The smallest absolute Gasteiger partial charge is 0.319 e. The Morgan fingerprint density at radius 2 is 2.29 bits per heavy atom. The molecule has 7 heteroatoms. The lowest BCUT2D eigenvalue weighted by atomic mass is 10.2. The second-order valence-corrected chi connectivity index (χ2v) is 4.89. The third-order valence-electron chi connectivity index (χ3n) is 2.45. The minimum absolute atomic E-state index is 0.134. The van der Waals surface area contributed by atoms with Crippen LogP contribution >= 0.6 is 15.9 Å². The maximum Gasteiger partial charge on any atom is 0.319 e. The zero-order chi connectivity index (χ0) is 12.2. The summed E-state index contributed by atoms with van der Waals surface area (Å²) in [7, 11) is 0. The molecule has 17 heavy (non-hydrogen) atoms. The van der Waals surface area contributed by atoms with Gasteiger partial charge < -0.3 is 9.40 Å². The van der Waals surface area contributed by atoms with Crippen molar-refractivity contribution in [3.63, 3.8) is 0 Å². The highest BCUT2D eigenvalue weighted by atomic mass is 79.9. The first-order chi connectivity index (χ1) is 8.06. The van der Waals surface area contributed by atoms with E-state index in [1.54, 1.807) is 6.07 Å². The number of fused-ring (bicyclic) bond motifs is 2. The number of rotatable bonds is 1. The molecule has 0 aliphatic rings. The summed E-state index contributed by atoms with van der Waals surface area (Å²) in [6.07, 6.45) is 0. The molecule has 0 fully saturated rings. The number of nitrogens with one attached hydrogen (secondary N) is 1. The van der Waals surface area contributed by atoms with Gasteiger partial charge in [0, 0.05) is 12.0 Å². The van der Waals surface area contributed by atoms with Crippen molar-refractivity contribution >= 4 is 32.8 Å². The monoisotopic (exact) mass is 296 g/mol. The Morgan fingerprint density at radius 1 is 1.53 bits per heavy atom. The van der Waals surface area contributed by atoms with Gasteiger partial charge in [-0.3, -0.25) is 4.79 Å². The van der Waals surface area contributed by atoms with Gasteiger partial charge in [-0.25, -0.2) is 0 Å². The van der Waals surface area contributed by atoms with Gasteiger partial charge in [0.25, 0.3) is 0 Å². The van der Waals surface area contributed by atoms with Crippen LogP contribution < -0.4 is 5.56 Å². The van der Waals surface area contributed by atoms with E-state index in [0.29, 0.717) is 21.8 Å². The van der Waals surface area contributed by atoms with Crippen LogP contribution in [0.15, 0.2) is 19.9 Å². The molecule has 0 unspecified atom stereocenters. The van der Waals surface area contributed by atoms with Crippen LogP contribution in [0.25, 0.3) is 16.9 Å². The van der Waals surface area contributed by atoms with E-state index in [4.69, 9.17) is 4.42 Å². The zero-order valence-corrected chi connectivity index (χ0v) is 10.8. The summed E-state index contributed by atoms with van der Waals surface area (Å²) in [6, 6.07) is 1.71. The molecular weight excluding hydrogens is 288 g/mol. The lowest BCUT2D eigenvalue weighted by molar-refractivity contribution is 0.498. The number of nitrogens with zero attached hydrogens (tertiary/aromatic N) is 3. The Bertz CT molecular complexity index is 768. The molecule has 3 aromatic heterocycles. The maximum atomic E-state index is 12.1. The highest BCUT2D eigenvalue weighted by molar-refractivity contribution is 9.10. The molecule has 0 radical (unpaired) electrons. The van der Waals surface area contributed by atoms with Gasteiger partial charge in [-0.05, 0) is 15.9 Å². The van der Waals surface area contributed by atoms with Crippen LogP contribution in [0.2, 0.25) is 0 Å². The molecule has 0 saturated heterocycles. The van der Waals surface area contributed by atoms with Crippen LogP contribution in [0.5, 0.6) is 0 Å². The Morgan fingerprint density at radius 3 is 3.00 bits per heavy atom. The fourth-order valence-corrected chi connectivity index (χ4v) is 2.00. The maximum absolute atomic E-state index is 12.1. The molecule has 0 bridgehead atoms. The lowest BCUT2D eigenvalue weighted by Crippen LogP contribution is -2.14. The van der Waals surface area contributed by atoms with E-state index in [9.17, 15) is 4.79 Å². The molecule has 1 N–H and O–H groups in total. The van der Waals surface area contributed by atoms with Gasteiger partial charge in [0.15, 0.2) is 11.5 Å². The quantitative estimate of drug-likeness (QED) is 0.746. The molecule has 0 spiro atoms. The third kappa shape index (κ3) is 1.49. The number of H-pyrrole nitrogens is 1.